The summed E-state index contributed by atoms with van der Waals surface area (Å²) in [5.74, 6) is 0.875. The summed E-state index contributed by atoms with van der Waals surface area (Å²) in [6.07, 6.45) is 2.62. The number of hydrogen-bond acceptors (Lipinski definition) is 3. The molecule has 1 aromatic rings. The van der Waals surface area contributed by atoms with Crippen molar-refractivity contribution in [2.75, 3.05) is 38.3 Å². The monoisotopic (exact) mass is 276 g/mol. The number of rotatable bonds is 6. The Morgan fingerprint density at radius 1 is 1.30 bits per heavy atom. The number of anilines is 1. The van der Waals surface area contributed by atoms with Crippen LogP contribution in [0.15, 0.2) is 18.2 Å². The molecule has 3 heteroatoms. The van der Waals surface area contributed by atoms with E-state index in [1.807, 2.05) is 0 Å². The first-order valence-electron chi connectivity index (χ1n) is 7.75. The molecule has 2 rings (SSSR count). The molecule has 0 aliphatic carbocycles. The van der Waals surface area contributed by atoms with Crippen molar-refractivity contribution < 1.29 is 4.74 Å². The number of methoxy groups -OCH3 is 1. The first-order chi connectivity index (χ1) is 9.70. The first-order valence-corrected chi connectivity index (χ1v) is 7.75. The van der Waals surface area contributed by atoms with Gasteiger partial charge in [-0.3, -0.25) is 0 Å². The van der Waals surface area contributed by atoms with Crippen molar-refractivity contribution in [3.05, 3.63) is 29.3 Å². The summed E-state index contributed by atoms with van der Waals surface area (Å²) in [7, 11) is 1.74. The molecule has 1 fully saturated rings. The van der Waals surface area contributed by atoms with Crippen molar-refractivity contribution in [1.82, 2.24) is 5.32 Å². The van der Waals surface area contributed by atoms with E-state index in [9.17, 15) is 0 Å². The highest BCUT2D eigenvalue weighted by Gasteiger charge is 2.18. The van der Waals surface area contributed by atoms with Gasteiger partial charge in [0.2, 0.25) is 0 Å². The molecule has 0 atom stereocenters. The van der Waals surface area contributed by atoms with Gasteiger partial charge in [0.1, 0.15) is 0 Å². The van der Waals surface area contributed by atoms with Gasteiger partial charge in [0, 0.05) is 39.0 Å². The van der Waals surface area contributed by atoms with Crippen LogP contribution in [0.2, 0.25) is 0 Å². The van der Waals surface area contributed by atoms with Crippen LogP contribution in [0.25, 0.3) is 0 Å². The van der Waals surface area contributed by atoms with Crippen molar-refractivity contribution in [2.45, 2.75) is 33.2 Å². The Morgan fingerprint density at radius 2 is 2.05 bits per heavy atom. The van der Waals surface area contributed by atoms with Crippen LogP contribution >= 0.6 is 0 Å². The fraction of sp³-hybridized carbons (Fsp3) is 0.647. The highest BCUT2D eigenvalue weighted by Crippen LogP contribution is 2.27. The van der Waals surface area contributed by atoms with E-state index in [0.29, 0.717) is 0 Å². The minimum absolute atomic E-state index is 0.766. The highest BCUT2D eigenvalue weighted by atomic mass is 16.5. The molecule has 0 amide bonds. The average molecular weight is 276 g/mol. The van der Waals surface area contributed by atoms with E-state index in [1.165, 1.54) is 42.7 Å². The zero-order chi connectivity index (χ0) is 14.4. The van der Waals surface area contributed by atoms with Crippen molar-refractivity contribution >= 4 is 5.69 Å². The Balaban J connectivity index is 2.03. The molecule has 1 N–H and O–H groups in total. The standard InChI is InChI=1S/C17H28N2O/c1-14-6-9-19(10-7-14)17-5-4-15(2)12-16(17)13-18-8-11-20-3/h4-5,12,14,18H,6-11,13H2,1-3H3. The van der Waals surface area contributed by atoms with Crippen molar-refractivity contribution in [3.8, 4) is 0 Å². The second kappa shape index (κ2) is 7.65. The summed E-state index contributed by atoms with van der Waals surface area (Å²) in [6.45, 7) is 9.50. The molecule has 0 unspecified atom stereocenters. The Morgan fingerprint density at radius 3 is 2.75 bits per heavy atom. The number of aryl methyl sites for hydroxylation is 1. The summed E-state index contributed by atoms with van der Waals surface area (Å²) in [4.78, 5) is 2.55. The third-order valence-electron chi connectivity index (χ3n) is 4.16. The number of hydrogen-bond donors (Lipinski definition) is 1. The van der Waals surface area contributed by atoms with Gasteiger partial charge in [-0.2, -0.15) is 0 Å². The summed E-state index contributed by atoms with van der Waals surface area (Å²) >= 11 is 0. The third kappa shape index (κ3) is 4.22. The maximum absolute atomic E-state index is 5.09. The van der Waals surface area contributed by atoms with E-state index in [1.54, 1.807) is 7.11 Å². The van der Waals surface area contributed by atoms with Crippen LogP contribution in [0.1, 0.15) is 30.9 Å². The molecular weight excluding hydrogens is 248 g/mol. The van der Waals surface area contributed by atoms with Crippen molar-refractivity contribution in [3.63, 3.8) is 0 Å². The fourth-order valence-corrected chi connectivity index (χ4v) is 2.81. The maximum Gasteiger partial charge on any atom is 0.0587 e. The van der Waals surface area contributed by atoms with Crippen LogP contribution in [0.4, 0.5) is 5.69 Å². The number of ether oxygens (including phenoxy) is 1. The molecule has 0 spiro atoms. The molecular formula is C17H28N2O. The molecule has 1 aromatic carbocycles. The van der Waals surface area contributed by atoms with Gasteiger partial charge >= 0.3 is 0 Å². The van der Waals surface area contributed by atoms with Gasteiger partial charge in [-0.1, -0.05) is 24.6 Å². The zero-order valence-corrected chi connectivity index (χ0v) is 13.1. The molecule has 1 saturated heterocycles. The van der Waals surface area contributed by atoms with Crippen molar-refractivity contribution in [1.29, 1.82) is 0 Å². The number of nitrogens with zero attached hydrogens (tertiary/aromatic N) is 1. The van der Waals surface area contributed by atoms with Gasteiger partial charge in [0.25, 0.3) is 0 Å². The van der Waals surface area contributed by atoms with Crippen LogP contribution in [0.3, 0.4) is 0 Å². The molecule has 1 heterocycles. The van der Waals surface area contributed by atoms with Gasteiger partial charge < -0.3 is 15.0 Å². The van der Waals surface area contributed by atoms with Crippen LogP contribution in [0, 0.1) is 12.8 Å². The molecule has 0 saturated carbocycles. The lowest BCUT2D eigenvalue weighted by molar-refractivity contribution is 0.199. The number of piperidine rings is 1. The second-order valence-electron chi connectivity index (χ2n) is 5.97. The smallest absolute Gasteiger partial charge is 0.0587 e. The quantitative estimate of drug-likeness (QED) is 0.809. The molecule has 20 heavy (non-hydrogen) atoms. The Bertz CT molecular complexity index is 411. The normalized spacial score (nSPS) is 16.6. The molecule has 112 valence electrons. The maximum atomic E-state index is 5.09. The van der Waals surface area contributed by atoms with Crippen LogP contribution in [-0.4, -0.2) is 33.4 Å². The molecule has 1 aliphatic heterocycles. The summed E-state index contributed by atoms with van der Waals surface area (Å²) in [6, 6.07) is 6.83. The summed E-state index contributed by atoms with van der Waals surface area (Å²) in [5.41, 5.74) is 4.16. The van der Waals surface area contributed by atoms with Gasteiger partial charge in [0.05, 0.1) is 6.61 Å². The minimum atomic E-state index is 0.766. The molecule has 0 aromatic heterocycles. The van der Waals surface area contributed by atoms with E-state index >= 15 is 0 Å². The first kappa shape index (κ1) is 15.3. The molecule has 1 aliphatic rings. The SMILES string of the molecule is COCCNCc1cc(C)ccc1N1CCC(C)CC1. The Labute approximate surface area is 123 Å². The lowest BCUT2D eigenvalue weighted by atomic mass is 9.97. The minimum Gasteiger partial charge on any atom is -0.383 e. The van der Waals surface area contributed by atoms with Gasteiger partial charge in [-0.05, 0) is 37.3 Å². The molecule has 0 bridgehead atoms. The summed E-state index contributed by atoms with van der Waals surface area (Å²) < 4.78 is 5.09. The third-order valence-corrected chi connectivity index (χ3v) is 4.16. The van der Waals surface area contributed by atoms with E-state index in [2.05, 4.69) is 42.3 Å². The lowest BCUT2D eigenvalue weighted by Gasteiger charge is -2.33. The predicted octanol–water partition coefficient (Wildman–Crippen LogP) is 2.97. The number of benzene rings is 1. The average Bonchev–Trinajstić information content (AvgIpc) is 2.45. The van der Waals surface area contributed by atoms with Gasteiger partial charge in [-0.15, -0.1) is 0 Å². The van der Waals surface area contributed by atoms with Gasteiger partial charge in [-0.25, -0.2) is 0 Å². The predicted molar refractivity (Wildman–Crippen MR) is 85.4 cm³/mol. The van der Waals surface area contributed by atoms with Crippen LogP contribution < -0.4 is 10.2 Å². The second-order valence-corrected chi connectivity index (χ2v) is 5.97. The van der Waals surface area contributed by atoms with Gasteiger partial charge in [0.15, 0.2) is 0 Å². The van der Waals surface area contributed by atoms with E-state index in [4.69, 9.17) is 4.74 Å². The van der Waals surface area contributed by atoms with Crippen LogP contribution in [-0.2, 0) is 11.3 Å². The molecule has 0 radical (unpaired) electrons. The van der Waals surface area contributed by atoms with Crippen LogP contribution in [0.5, 0.6) is 0 Å². The molecule has 3 nitrogen and oxygen atoms in total. The zero-order valence-electron chi connectivity index (χ0n) is 13.1. The highest BCUT2D eigenvalue weighted by molar-refractivity contribution is 5.55. The Kier molecular flexibility index (Phi) is 5.86. The topological polar surface area (TPSA) is 24.5 Å². The fourth-order valence-electron chi connectivity index (χ4n) is 2.81. The van der Waals surface area contributed by atoms with E-state index in [0.717, 1.165) is 25.6 Å². The largest absolute Gasteiger partial charge is 0.383 e. The lowest BCUT2D eigenvalue weighted by Crippen LogP contribution is -2.34. The number of nitrogens with one attached hydrogen (secondary N) is 1. The summed E-state index contributed by atoms with van der Waals surface area (Å²) in [5, 5.41) is 3.47. The van der Waals surface area contributed by atoms with Crippen molar-refractivity contribution in [2.24, 2.45) is 5.92 Å². The van der Waals surface area contributed by atoms with E-state index in [-0.39, 0.29) is 0 Å². The Hall–Kier alpha value is -1.06. The van der Waals surface area contributed by atoms with E-state index < -0.39 is 0 Å².